The van der Waals surface area contributed by atoms with E-state index >= 15 is 0 Å². The molecule has 0 radical (unpaired) electrons. The molecule has 1 aromatic heterocycles. The summed E-state index contributed by atoms with van der Waals surface area (Å²) in [7, 11) is 1.49. The molecule has 0 fully saturated rings. The van der Waals surface area contributed by atoms with Crippen LogP contribution in [0.2, 0.25) is 0 Å². The van der Waals surface area contributed by atoms with Crippen molar-refractivity contribution in [2.24, 2.45) is 0 Å². The van der Waals surface area contributed by atoms with Crippen molar-refractivity contribution in [3.05, 3.63) is 108 Å². The van der Waals surface area contributed by atoms with Gasteiger partial charge in [0.25, 0.3) is 5.91 Å². The van der Waals surface area contributed by atoms with Gasteiger partial charge in [-0.25, -0.2) is 4.79 Å². The van der Waals surface area contributed by atoms with E-state index in [1.54, 1.807) is 60.7 Å². The van der Waals surface area contributed by atoms with Crippen LogP contribution in [0.25, 0.3) is 0 Å². The highest BCUT2D eigenvalue weighted by atomic mass is 19.4. The molecule has 0 unspecified atom stereocenters. The number of carbonyl (C=O) groups is 2. The van der Waals surface area contributed by atoms with Crippen LogP contribution in [0, 0.1) is 0 Å². The summed E-state index contributed by atoms with van der Waals surface area (Å²) in [6.07, 6.45) is -3.25. The number of halogens is 3. The van der Waals surface area contributed by atoms with E-state index in [1.165, 1.54) is 31.4 Å². The van der Waals surface area contributed by atoms with Gasteiger partial charge in [-0.1, -0.05) is 30.3 Å². The molecule has 1 heterocycles. The molecule has 3 N–H and O–H groups in total. The lowest BCUT2D eigenvalue weighted by atomic mass is 10.1. The van der Waals surface area contributed by atoms with E-state index in [0.29, 0.717) is 17.2 Å². The first-order valence-electron chi connectivity index (χ1n) is 11.6. The second-order valence-corrected chi connectivity index (χ2v) is 8.14. The number of urea groups is 1. The Morgan fingerprint density at radius 1 is 0.846 bits per heavy atom. The number of hydrogen-bond donors (Lipinski definition) is 3. The average Bonchev–Trinajstić information content (AvgIpc) is 2.93. The molecule has 0 spiro atoms. The zero-order chi connectivity index (χ0) is 27.8. The summed E-state index contributed by atoms with van der Waals surface area (Å²) in [6.45, 7) is -0.0344. The van der Waals surface area contributed by atoms with Gasteiger partial charge in [0, 0.05) is 30.7 Å². The Bertz CT molecular complexity index is 1450. The van der Waals surface area contributed by atoms with Crippen LogP contribution in [0.1, 0.15) is 21.6 Å². The molecule has 4 rings (SSSR count). The van der Waals surface area contributed by atoms with Crippen LogP contribution >= 0.6 is 0 Å². The minimum absolute atomic E-state index is 0.0344. The third-order valence-corrected chi connectivity index (χ3v) is 5.32. The van der Waals surface area contributed by atoms with E-state index in [-0.39, 0.29) is 29.6 Å². The SMILES string of the molecule is CNC(=O)c1cc(Oc2ccc(NC(=O)Nc3ccc(OCc4ccccc4)c(C(F)(F)F)c3)cc2)ccn1. The molecule has 3 amide bonds. The Hall–Kier alpha value is -5.06. The lowest BCUT2D eigenvalue weighted by Gasteiger charge is -2.16. The lowest BCUT2D eigenvalue weighted by Crippen LogP contribution is -2.20. The van der Waals surface area contributed by atoms with Crippen molar-refractivity contribution in [3.63, 3.8) is 0 Å². The molecule has 0 aliphatic rings. The fraction of sp³-hybridized carbons (Fsp3) is 0.107. The third kappa shape index (κ3) is 7.48. The molecule has 3 aromatic carbocycles. The van der Waals surface area contributed by atoms with E-state index in [4.69, 9.17) is 9.47 Å². The first-order chi connectivity index (χ1) is 18.7. The Morgan fingerprint density at radius 2 is 1.54 bits per heavy atom. The second-order valence-electron chi connectivity index (χ2n) is 8.14. The summed E-state index contributed by atoms with van der Waals surface area (Å²) in [4.78, 5) is 28.1. The van der Waals surface area contributed by atoms with Gasteiger partial charge in [-0.3, -0.25) is 9.78 Å². The normalized spacial score (nSPS) is 10.9. The number of pyridine rings is 1. The maximum Gasteiger partial charge on any atom is 0.420 e. The summed E-state index contributed by atoms with van der Waals surface area (Å²) in [6, 6.07) is 20.7. The molecule has 200 valence electrons. The molecule has 0 atom stereocenters. The number of rotatable bonds is 8. The minimum Gasteiger partial charge on any atom is -0.488 e. The minimum atomic E-state index is -4.69. The molecule has 11 heteroatoms. The second kappa shape index (κ2) is 12.0. The number of alkyl halides is 3. The fourth-order valence-electron chi connectivity index (χ4n) is 3.45. The highest BCUT2D eigenvalue weighted by Gasteiger charge is 2.35. The van der Waals surface area contributed by atoms with Crippen LogP contribution in [-0.2, 0) is 12.8 Å². The van der Waals surface area contributed by atoms with Gasteiger partial charge >= 0.3 is 12.2 Å². The van der Waals surface area contributed by atoms with E-state index in [2.05, 4.69) is 20.9 Å². The molecule has 4 aromatic rings. The van der Waals surface area contributed by atoms with Crippen molar-refractivity contribution in [2.75, 3.05) is 17.7 Å². The zero-order valence-corrected chi connectivity index (χ0v) is 20.6. The molecule has 0 aliphatic carbocycles. The number of aromatic nitrogens is 1. The Morgan fingerprint density at radius 3 is 2.23 bits per heavy atom. The zero-order valence-electron chi connectivity index (χ0n) is 20.6. The van der Waals surface area contributed by atoms with Crippen molar-refractivity contribution in [2.45, 2.75) is 12.8 Å². The monoisotopic (exact) mass is 536 g/mol. The number of ether oxygens (including phenoxy) is 2. The highest BCUT2D eigenvalue weighted by molar-refractivity contribution is 5.99. The summed E-state index contributed by atoms with van der Waals surface area (Å²) < 4.78 is 52.1. The Labute approximate surface area is 221 Å². The van der Waals surface area contributed by atoms with Crippen LogP contribution < -0.4 is 25.4 Å². The van der Waals surface area contributed by atoms with Gasteiger partial charge in [-0.15, -0.1) is 0 Å². The van der Waals surface area contributed by atoms with Crippen LogP contribution in [0.4, 0.5) is 29.3 Å². The number of hydrogen-bond acceptors (Lipinski definition) is 5. The van der Waals surface area contributed by atoms with Gasteiger partial charge in [0.2, 0.25) is 0 Å². The van der Waals surface area contributed by atoms with Crippen LogP contribution in [0.5, 0.6) is 17.2 Å². The molecule has 0 bridgehead atoms. The van der Waals surface area contributed by atoms with E-state index in [9.17, 15) is 22.8 Å². The number of anilines is 2. The number of nitrogens with one attached hydrogen (secondary N) is 3. The molecule has 0 saturated carbocycles. The van der Waals surface area contributed by atoms with Gasteiger partial charge in [-0.2, -0.15) is 13.2 Å². The smallest absolute Gasteiger partial charge is 0.420 e. The van der Waals surface area contributed by atoms with Gasteiger partial charge < -0.3 is 25.4 Å². The standard InChI is InChI=1S/C28H23F3N4O4/c1-32-26(36)24-16-22(13-14-33-24)39-21-10-7-19(8-11-21)34-27(37)35-20-9-12-25(23(15-20)28(29,30)31)38-17-18-5-3-2-4-6-18/h2-16H,17H2,1H3,(H,32,36)(H2,34,35,37). The maximum absolute atomic E-state index is 13.7. The number of carbonyl (C=O) groups excluding carboxylic acids is 2. The predicted molar refractivity (Wildman–Crippen MR) is 139 cm³/mol. The largest absolute Gasteiger partial charge is 0.488 e. The Balaban J connectivity index is 1.38. The number of amides is 3. The topological polar surface area (TPSA) is 102 Å². The van der Waals surface area contributed by atoms with E-state index in [0.717, 1.165) is 11.6 Å². The van der Waals surface area contributed by atoms with E-state index < -0.39 is 17.8 Å². The molecule has 39 heavy (non-hydrogen) atoms. The molecule has 0 aliphatic heterocycles. The van der Waals surface area contributed by atoms with Crippen molar-refractivity contribution in [3.8, 4) is 17.2 Å². The molecule has 8 nitrogen and oxygen atoms in total. The van der Waals surface area contributed by atoms with Crippen LogP contribution in [0.15, 0.2) is 91.1 Å². The van der Waals surface area contributed by atoms with Gasteiger partial charge in [0.15, 0.2) is 0 Å². The van der Waals surface area contributed by atoms with Crippen molar-refractivity contribution >= 4 is 23.3 Å². The first kappa shape index (κ1) is 27.0. The fourth-order valence-corrected chi connectivity index (χ4v) is 3.45. The van der Waals surface area contributed by atoms with E-state index in [1.807, 2.05) is 0 Å². The van der Waals surface area contributed by atoms with Gasteiger partial charge in [0.1, 0.15) is 29.5 Å². The third-order valence-electron chi connectivity index (χ3n) is 5.32. The van der Waals surface area contributed by atoms with Gasteiger partial charge in [-0.05, 0) is 54.1 Å². The Kier molecular flexibility index (Phi) is 8.30. The van der Waals surface area contributed by atoms with Crippen LogP contribution in [0.3, 0.4) is 0 Å². The maximum atomic E-state index is 13.7. The molecule has 0 saturated heterocycles. The average molecular weight is 537 g/mol. The predicted octanol–water partition coefficient (Wildman–Crippen LogP) is 6.48. The number of nitrogens with zero attached hydrogens (tertiary/aromatic N) is 1. The highest BCUT2D eigenvalue weighted by Crippen LogP contribution is 2.38. The quantitative estimate of drug-likeness (QED) is 0.239. The van der Waals surface area contributed by atoms with Crippen LogP contribution in [-0.4, -0.2) is 24.0 Å². The molecular weight excluding hydrogens is 513 g/mol. The summed E-state index contributed by atoms with van der Waals surface area (Å²) in [5.74, 6) is 0.113. The van der Waals surface area contributed by atoms with Crippen molar-refractivity contribution in [1.29, 1.82) is 0 Å². The number of benzene rings is 3. The van der Waals surface area contributed by atoms with Gasteiger partial charge in [0.05, 0.1) is 5.56 Å². The summed E-state index contributed by atoms with van der Waals surface area (Å²) >= 11 is 0. The van der Waals surface area contributed by atoms with Crippen molar-refractivity contribution in [1.82, 2.24) is 10.3 Å². The summed E-state index contributed by atoms with van der Waals surface area (Å²) in [5, 5.41) is 7.43. The lowest BCUT2D eigenvalue weighted by molar-refractivity contribution is -0.139. The first-order valence-corrected chi connectivity index (χ1v) is 11.6. The summed E-state index contributed by atoms with van der Waals surface area (Å²) in [5.41, 5.74) is 0.219. The molecular formula is C28H23F3N4O4. The van der Waals surface area contributed by atoms with Crippen molar-refractivity contribution < 1.29 is 32.2 Å².